The number of benzene rings is 1. The quantitative estimate of drug-likeness (QED) is 0.651. The molecule has 0 saturated carbocycles. The highest BCUT2D eigenvalue weighted by molar-refractivity contribution is 5.96. The number of H-pyrrole nitrogens is 1. The Balaban J connectivity index is 2.10. The molecule has 1 amide bonds. The van der Waals surface area contributed by atoms with E-state index >= 15 is 0 Å². The number of nitrogens with one attached hydrogen (secondary N) is 2. The largest absolute Gasteiger partial charge is 0.508 e. The van der Waals surface area contributed by atoms with Crippen molar-refractivity contribution in [1.82, 2.24) is 15.3 Å². The molecule has 21 heavy (non-hydrogen) atoms. The zero-order chi connectivity index (χ0) is 15.4. The number of carboxylic acid groups (broad SMARTS) is 1. The molecule has 7 heteroatoms. The number of carbonyl (C=O) groups excluding carboxylic acids is 1. The summed E-state index contributed by atoms with van der Waals surface area (Å²) in [5.74, 6) is -1.56. The van der Waals surface area contributed by atoms with Crippen LogP contribution in [0.2, 0.25) is 0 Å². The molecule has 2 aromatic rings. The maximum Gasteiger partial charge on any atom is 0.326 e. The highest BCUT2D eigenvalue weighted by Crippen LogP contribution is 2.17. The standard InChI is InChI=1S/C14H15N3O4/c1-8-4-9(2-3-12(8)18)13(19)17-11(14(20)21)5-10-6-15-7-16-10/h2-4,6-7,11,18H,5H2,1H3,(H,15,16)(H,17,19)(H,20,21). The lowest BCUT2D eigenvalue weighted by Gasteiger charge is -2.14. The van der Waals surface area contributed by atoms with Crippen LogP contribution in [0.15, 0.2) is 30.7 Å². The molecule has 0 aliphatic carbocycles. The van der Waals surface area contributed by atoms with Crippen LogP contribution in [0.5, 0.6) is 5.75 Å². The van der Waals surface area contributed by atoms with Gasteiger partial charge in [0.2, 0.25) is 0 Å². The van der Waals surface area contributed by atoms with Gasteiger partial charge in [0.05, 0.1) is 6.33 Å². The summed E-state index contributed by atoms with van der Waals surface area (Å²) in [5, 5.41) is 21.1. The maximum atomic E-state index is 12.1. The smallest absolute Gasteiger partial charge is 0.326 e. The Morgan fingerprint density at radius 2 is 2.19 bits per heavy atom. The van der Waals surface area contributed by atoms with Crippen LogP contribution in [0, 0.1) is 6.92 Å². The van der Waals surface area contributed by atoms with Crippen molar-refractivity contribution in [3.8, 4) is 5.75 Å². The van der Waals surface area contributed by atoms with E-state index in [2.05, 4.69) is 15.3 Å². The average molecular weight is 289 g/mol. The van der Waals surface area contributed by atoms with Crippen molar-refractivity contribution in [3.05, 3.63) is 47.5 Å². The second kappa shape index (κ2) is 6.08. The van der Waals surface area contributed by atoms with Gasteiger partial charge < -0.3 is 20.5 Å². The first-order valence-electron chi connectivity index (χ1n) is 6.28. The van der Waals surface area contributed by atoms with E-state index in [4.69, 9.17) is 0 Å². The highest BCUT2D eigenvalue weighted by atomic mass is 16.4. The summed E-state index contributed by atoms with van der Waals surface area (Å²) in [6.07, 6.45) is 3.06. The predicted molar refractivity (Wildman–Crippen MR) is 74.0 cm³/mol. The van der Waals surface area contributed by atoms with Gasteiger partial charge >= 0.3 is 5.97 Å². The van der Waals surface area contributed by atoms with Crippen LogP contribution in [-0.4, -0.2) is 38.1 Å². The lowest BCUT2D eigenvalue weighted by Crippen LogP contribution is -2.42. The van der Waals surface area contributed by atoms with Gasteiger partial charge in [-0.05, 0) is 30.7 Å². The molecule has 1 unspecified atom stereocenters. The molecule has 1 atom stereocenters. The minimum atomic E-state index is -1.13. The van der Waals surface area contributed by atoms with Crippen molar-refractivity contribution < 1.29 is 19.8 Å². The van der Waals surface area contributed by atoms with Gasteiger partial charge in [0.25, 0.3) is 5.91 Å². The number of aromatic nitrogens is 2. The molecular formula is C14H15N3O4. The lowest BCUT2D eigenvalue weighted by molar-refractivity contribution is -0.139. The first kappa shape index (κ1) is 14.6. The van der Waals surface area contributed by atoms with Crippen molar-refractivity contribution >= 4 is 11.9 Å². The number of aromatic amines is 1. The molecule has 110 valence electrons. The number of phenols is 1. The van der Waals surface area contributed by atoms with Gasteiger partial charge in [-0.15, -0.1) is 0 Å². The number of aryl methyl sites for hydroxylation is 1. The minimum absolute atomic E-state index is 0.0822. The first-order chi connectivity index (χ1) is 9.97. The number of imidazole rings is 1. The van der Waals surface area contributed by atoms with Crippen LogP contribution in [0.25, 0.3) is 0 Å². The molecule has 7 nitrogen and oxygen atoms in total. The van der Waals surface area contributed by atoms with Gasteiger partial charge in [-0.1, -0.05) is 0 Å². The number of carboxylic acids is 1. The van der Waals surface area contributed by atoms with Crippen molar-refractivity contribution in [2.75, 3.05) is 0 Å². The molecule has 2 rings (SSSR count). The van der Waals surface area contributed by atoms with Crippen LogP contribution in [0.4, 0.5) is 0 Å². The Kier molecular flexibility index (Phi) is 4.22. The molecule has 0 bridgehead atoms. The Morgan fingerprint density at radius 3 is 2.76 bits per heavy atom. The van der Waals surface area contributed by atoms with E-state index < -0.39 is 17.9 Å². The number of aliphatic carboxylic acids is 1. The summed E-state index contributed by atoms with van der Waals surface area (Å²) in [4.78, 5) is 29.9. The molecule has 0 aliphatic heterocycles. The fourth-order valence-corrected chi connectivity index (χ4v) is 1.85. The zero-order valence-corrected chi connectivity index (χ0v) is 11.3. The number of amides is 1. The maximum absolute atomic E-state index is 12.1. The van der Waals surface area contributed by atoms with Gasteiger partial charge in [-0.2, -0.15) is 0 Å². The third-order valence-electron chi connectivity index (χ3n) is 3.04. The molecular weight excluding hydrogens is 274 g/mol. The summed E-state index contributed by atoms with van der Waals surface area (Å²) in [5.41, 5.74) is 1.45. The molecule has 0 fully saturated rings. The third-order valence-corrected chi connectivity index (χ3v) is 3.04. The van der Waals surface area contributed by atoms with Crippen molar-refractivity contribution in [3.63, 3.8) is 0 Å². The van der Waals surface area contributed by atoms with Crippen molar-refractivity contribution in [1.29, 1.82) is 0 Å². The number of hydrogen-bond acceptors (Lipinski definition) is 4. The molecule has 1 aromatic heterocycles. The number of carbonyl (C=O) groups is 2. The van der Waals surface area contributed by atoms with Crippen LogP contribution in [0.1, 0.15) is 21.6 Å². The topological polar surface area (TPSA) is 115 Å². The average Bonchev–Trinajstić information content (AvgIpc) is 2.93. The zero-order valence-electron chi connectivity index (χ0n) is 11.3. The number of aromatic hydroxyl groups is 1. The van der Waals surface area contributed by atoms with E-state index in [-0.39, 0.29) is 12.2 Å². The van der Waals surface area contributed by atoms with E-state index in [1.165, 1.54) is 30.7 Å². The Bertz CT molecular complexity index is 652. The fourth-order valence-electron chi connectivity index (χ4n) is 1.85. The summed E-state index contributed by atoms with van der Waals surface area (Å²) < 4.78 is 0. The Hall–Kier alpha value is -2.83. The van der Waals surface area contributed by atoms with Gasteiger partial charge in [-0.3, -0.25) is 4.79 Å². The summed E-state index contributed by atoms with van der Waals surface area (Å²) >= 11 is 0. The normalized spacial score (nSPS) is 11.9. The van der Waals surface area contributed by atoms with Crippen LogP contribution in [0.3, 0.4) is 0 Å². The second-order valence-electron chi connectivity index (χ2n) is 4.65. The van der Waals surface area contributed by atoms with E-state index in [1.54, 1.807) is 6.92 Å². The molecule has 0 saturated heterocycles. The molecule has 4 N–H and O–H groups in total. The molecule has 0 spiro atoms. The Labute approximate surface area is 120 Å². The number of rotatable bonds is 5. The number of phenolic OH excluding ortho intramolecular Hbond substituents is 1. The fraction of sp³-hybridized carbons (Fsp3) is 0.214. The molecule has 0 radical (unpaired) electrons. The van der Waals surface area contributed by atoms with E-state index in [9.17, 15) is 19.8 Å². The summed E-state index contributed by atoms with van der Waals surface area (Å²) in [7, 11) is 0. The lowest BCUT2D eigenvalue weighted by atomic mass is 10.1. The first-order valence-corrected chi connectivity index (χ1v) is 6.28. The number of nitrogens with zero attached hydrogens (tertiary/aromatic N) is 1. The van der Waals surface area contributed by atoms with Gasteiger partial charge in [0.15, 0.2) is 0 Å². The van der Waals surface area contributed by atoms with Crippen LogP contribution in [-0.2, 0) is 11.2 Å². The summed E-state index contributed by atoms with van der Waals surface area (Å²) in [6.45, 7) is 1.66. The highest BCUT2D eigenvalue weighted by Gasteiger charge is 2.21. The van der Waals surface area contributed by atoms with Gasteiger partial charge in [-0.25, -0.2) is 9.78 Å². The molecule has 1 heterocycles. The second-order valence-corrected chi connectivity index (χ2v) is 4.65. The van der Waals surface area contributed by atoms with E-state index in [1.807, 2.05) is 0 Å². The molecule has 1 aromatic carbocycles. The van der Waals surface area contributed by atoms with Gasteiger partial charge in [0.1, 0.15) is 11.8 Å². The molecule has 0 aliphatic rings. The van der Waals surface area contributed by atoms with E-state index in [0.29, 0.717) is 16.8 Å². The number of hydrogen-bond donors (Lipinski definition) is 4. The monoisotopic (exact) mass is 289 g/mol. The van der Waals surface area contributed by atoms with E-state index in [0.717, 1.165) is 0 Å². The van der Waals surface area contributed by atoms with Gasteiger partial charge in [0, 0.05) is 23.9 Å². The van der Waals surface area contributed by atoms with Crippen LogP contribution < -0.4 is 5.32 Å². The predicted octanol–water partition coefficient (Wildman–Crippen LogP) is 0.849. The third kappa shape index (κ3) is 3.59. The minimum Gasteiger partial charge on any atom is -0.508 e. The van der Waals surface area contributed by atoms with Crippen molar-refractivity contribution in [2.45, 2.75) is 19.4 Å². The summed E-state index contributed by atoms with van der Waals surface area (Å²) in [6, 6.07) is 3.27. The van der Waals surface area contributed by atoms with Crippen LogP contribution >= 0.6 is 0 Å². The Morgan fingerprint density at radius 1 is 1.43 bits per heavy atom. The SMILES string of the molecule is Cc1cc(C(=O)NC(Cc2cnc[nH]2)C(=O)O)ccc1O. The van der Waals surface area contributed by atoms with Crippen molar-refractivity contribution in [2.24, 2.45) is 0 Å².